The van der Waals surface area contributed by atoms with E-state index in [0.29, 0.717) is 0 Å². The summed E-state index contributed by atoms with van der Waals surface area (Å²) in [5.41, 5.74) is 0. The van der Waals surface area contributed by atoms with E-state index in [4.69, 9.17) is 11.6 Å². The Morgan fingerprint density at radius 3 is 2.43 bits per heavy atom. The fourth-order valence-corrected chi connectivity index (χ4v) is 0.490. The highest BCUT2D eigenvalue weighted by Crippen LogP contribution is 2.00. The van der Waals surface area contributed by atoms with E-state index >= 15 is 0 Å². The summed E-state index contributed by atoms with van der Waals surface area (Å²) in [5.74, 6) is 0. The predicted molar refractivity (Wildman–Crippen MR) is 34.7 cm³/mol. The first-order valence-corrected chi connectivity index (χ1v) is 3.01. The van der Waals surface area contributed by atoms with Crippen molar-refractivity contribution in [2.24, 2.45) is 0 Å². The lowest BCUT2D eigenvalue weighted by Gasteiger charge is -1.92. The normalized spacial score (nSPS) is 15.3. The fourth-order valence-electron chi connectivity index (χ4n) is 0.345. The summed E-state index contributed by atoms with van der Waals surface area (Å²) in [6.45, 7) is 4.04. The molecule has 0 aliphatic rings. The van der Waals surface area contributed by atoms with E-state index in [2.05, 4.69) is 6.92 Å². The molecule has 0 aromatic heterocycles. The van der Waals surface area contributed by atoms with E-state index in [1.165, 1.54) is 0 Å². The van der Waals surface area contributed by atoms with Crippen LogP contribution in [0.25, 0.3) is 0 Å². The maximum absolute atomic E-state index is 5.68. The zero-order chi connectivity index (χ0) is 5.70. The number of hydrogen-bond acceptors (Lipinski definition) is 0. The highest BCUT2D eigenvalue weighted by Gasteiger charge is 1.89. The smallest absolute Gasteiger partial charge is 0.0513 e. The van der Waals surface area contributed by atoms with Gasteiger partial charge >= 0.3 is 0 Å². The minimum atomic E-state index is 0.241. The van der Waals surface area contributed by atoms with E-state index in [-0.39, 0.29) is 5.38 Å². The first kappa shape index (κ1) is 7.03. The largest absolute Gasteiger partial charge is 0.118 e. The summed E-state index contributed by atoms with van der Waals surface area (Å²) in [7, 11) is 0. The van der Waals surface area contributed by atoms with Gasteiger partial charge in [0.15, 0.2) is 0 Å². The molecular formula is C6H11Cl. The maximum Gasteiger partial charge on any atom is 0.0513 e. The lowest BCUT2D eigenvalue weighted by atomic mass is 10.3. The molecule has 0 bridgehead atoms. The molecule has 0 nitrogen and oxygen atoms in total. The van der Waals surface area contributed by atoms with Gasteiger partial charge in [-0.15, -0.1) is 11.6 Å². The van der Waals surface area contributed by atoms with Crippen molar-refractivity contribution in [1.29, 1.82) is 0 Å². The Hall–Kier alpha value is 0.0300. The van der Waals surface area contributed by atoms with Crippen LogP contribution in [0.3, 0.4) is 0 Å². The molecule has 0 amide bonds. The van der Waals surface area contributed by atoms with E-state index in [1.807, 2.05) is 19.1 Å². The first-order chi connectivity index (χ1) is 3.31. The quantitative estimate of drug-likeness (QED) is 0.386. The van der Waals surface area contributed by atoms with Crippen LogP contribution < -0.4 is 0 Å². The SMILES string of the molecule is C/C=C/C(Cl)CC. The van der Waals surface area contributed by atoms with Gasteiger partial charge in [0, 0.05) is 0 Å². The number of allylic oxidation sites excluding steroid dienone is 2. The third-order valence-corrected chi connectivity index (χ3v) is 1.25. The van der Waals surface area contributed by atoms with Crippen LogP contribution in [-0.4, -0.2) is 5.38 Å². The number of halogens is 1. The summed E-state index contributed by atoms with van der Waals surface area (Å²) in [5, 5.41) is 0.241. The Morgan fingerprint density at radius 1 is 1.71 bits per heavy atom. The van der Waals surface area contributed by atoms with Crippen molar-refractivity contribution in [3.05, 3.63) is 12.2 Å². The lowest BCUT2D eigenvalue weighted by molar-refractivity contribution is 0.965. The Bertz CT molecular complexity index is 57.2. The topological polar surface area (TPSA) is 0 Å². The Labute approximate surface area is 50.2 Å². The second-order valence-electron chi connectivity index (χ2n) is 1.45. The van der Waals surface area contributed by atoms with Crippen LogP contribution in [0.4, 0.5) is 0 Å². The molecule has 1 heteroatoms. The second-order valence-corrected chi connectivity index (χ2v) is 2.01. The summed E-state index contributed by atoms with van der Waals surface area (Å²) in [4.78, 5) is 0. The van der Waals surface area contributed by atoms with Gasteiger partial charge in [-0.05, 0) is 13.3 Å². The van der Waals surface area contributed by atoms with Gasteiger partial charge in [-0.1, -0.05) is 19.1 Å². The summed E-state index contributed by atoms with van der Waals surface area (Å²) in [6, 6.07) is 0. The Kier molecular flexibility index (Phi) is 4.21. The summed E-state index contributed by atoms with van der Waals surface area (Å²) < 4.78 is 0. The van der Waals surface area contributed by atoms with Crippen molar-refractivity contribution in [1.82, 2.24) is 0 Å². The van der Waals surface area contributed by atoms with Crippen molar-refractivity contribution < 1.29 is 0 Å². The average molecular weight is 119 g/mol. The monoisotopic (exact) mass is 118 g/mol. The second kappa shape index (κ2) is 4.20. The molecule has 0 saturated heterocycles. The van der Waals surface area contributed by atoms with Crippen molar-refractivity contribution in [3.63, 3.8) is 0 Å². The molecule has 0 rings (SSSR count). The molecule has 7 heavy (non-hydrogen) atoms. The molecule has 0 saturated carbocycles. The van der Waals surface area contributed by atoms with Crippen LogP contribution >= 0.6 is 11.6 Å². The van der Waals surface area contributed by atoms with Gasteiger partial charge in [0.25, 0.3) is 0 Å². The minimum absolute atomic E-state index is 0.241. The lowest BCUT2D eigenvalue weighted by Crippen LogP contribution is -1.86. The molecule has 42 valence electrons. The number of rotatable bonds is 2. The van der Waals surface area contributed by atoms with Gasteiger partial charge in [-0.2, -0.15) is 0 Å². The summed E-state index contributed by atoms with van der Waals surface area (Å²) >= 11 is 5.68. The molecule has 0 aliphatic carbocycles. The standard InChI is InChI=1S/C6H11Cl/c1-3-5-6(7)4-2/h3,5-6H,4H2,1-2H3/b5-3+. The number of alkyl halides is 1. The summed E-state index contributed by atoms with van der Waals surface area (Å²) in [6.07, 6.45) is 4.98. The minimum Gasteiger partial charge on any atom is -0.118 e. The van der Waals surface area contributed by atoms with Gasteiger partial charge in [-0.3, -0.25) is 0 Å². The third-order valence-electron chi connectivity index (χ3n) is 0.791. The molecule has 0 heterocycles. The molecular weight excluding hydrogens is 108 g/mol. The van der Waals surface area contributed by atoms with Crippen LogP contribution in [0.1, 0.15) is 20.3 Å². The van der Waals surface area contributed by atoms with Gasteiger partial charge in [0.2, 0.25) is 0 Å². The van der Waals surface area contributed by atoms with Crippen molar-refractivity contribution >= 4 is 11.6 Å². The van der Waals surface area contributed by atoms with Crippen LogP contribution in [0.2, 0.25) is 0 Å². The molecule has 0 radical (unpaired) electrons. The molecule has 0 fully saturated rings. The van der Waals surface area contributed by atoms with Crippen molar-refractivity contribution in [2.75, 3.05) is 0 Å². The molecule has 0 aliphatic heterocycles. The predicted octanol–water partition coefficient (Wildman–Crippen LogP) is 2.58. The van der Waals surface area contributed by atoms with Gasteiger partial charge in [0.05, 0.1) is 5.38 Å². The van der Waals surface area contributed by atoms with Crippen LogP contribution in [0, 0.1) is 0 Å². The van der Waals surface area contributed by atoms with E-state index < -0.39 is 0 Å². The maximum atomic E-state index is 5.68. The molecule has 1 unspecified atom stereocenters. The Balaban J connectivity index is 3.16. The first-order valence-electron chi connectivity index (χ1n) is 2.58. The molecule has 1 atom stereocenters. The van der Waals surface area contributed by atoms with E-state index in [9.17, 15) is 0 Å². The zero-order valence-electron chi connectivity index (χ0n) is 4.82. The van der Waals surface area contributed by atoms with Crippen molar-refractivity contribution in [3.8, 4) is 0 Å². The van der Waals surface area contributed by atoms with Crippen LogP contribution in [0.5, 0.6) is 0 Å². The van der Waals surface area contributed by atoms with Gasteiger partial charge in [0.1, 0.15) is 0 Å². The molecule has 0 N–H and O–H groups in total. The van der Waals surface area contributed by atoms with Crippen LogP contribution in [0.15, 0.2) is 12.2 Å². The molecule has 0 aromatic rings. The van der Waals surface area contributed by atoms with Gasteiger partial charge < -0.3 is 0 Å². The van der Waals surface area contributed by atoms with Crippen LogP contribution in [-0.2, 0) is 0 Å². The van der Waals surface area contributed by atoms with Crippen molar-refractivity contribution in [2.45, 2.75) is 25.6 Å². The van der Waals surface area contributed by atoms with Gasteiger partial charge in [-0.25, -0.2) is 0 Å². The highest BCUT2D eigenvalue weighted by atomic mass is 35.5. The molecule has 0 spiro atoms. The number of hydrogen-bond donors (Lipinski definition) is 0. The fraction of sp³-hybridized carbons (Fsp3) is 0.667. The van der Waals surface area contributed by atoms with E-state index in [1.54, 1.807) is 0 Å². The molecule has 0 aromatic carbocycles. The zero-order valence-corrected chi connectivity index (χ0v) is 5.57. The average Bonchev–Trinajstić information content (AvgIpc) is 1.68. The van der Waals surface area contributed by atoms with E-state index in [0.717, 1.165) is 6.42 Å². The Morgan fingerprint density at radius 2 is 2.29 bits per heavy atom. The third kappa shape index (κ3) is 3.87. The highest BCUT2D eigenvalue weighted by molar-refractivity contribution is 6.21.